The summed E-state index contributed by atoms with van der Waals surface area (Å²) in [5.74, 6) is 0. The molecule has 1 aromatic rings. The molecule has 0 heterocycles. The summed E-state index contributed by atoms with van der Waals surface area (Å²) in [4.78, 5) is 0.280. The number of benzene rings is 1. The molecular weight excluding hydrogens is 208 g/mol. The van der Waals surface area contributed by atoms with E-state index < -0.39 is 11.1 Å². The molecule has 4 heteroatoms. The minimum atomic E-state index is -2.20. The summed E-state index contributed by atoms with van der Waals surface area (Å²) in [5, 5.41) is 0.521. The summed E-state index contributed by atoms with van der Waals surface area (Å²) < 4.78 is 21.4. The highest BCUT2D eigenvalue weighted by molar-refractivity contribution is 7.79. The Bertz CT molecular complexity index is 350. The maximum atomic E-state index is 10.7. The number of hydrogen-bond donors (Lipinski definition) is 0. The smallest absolute Gasteiger partial charge is 0.0449 e. The van der Waals surface area contributed by atoms with Crippen LogP contribution in [0.15, 0.2) is 17.0 Å². The average molecular weight is 218 g/mol. The van der Waals surface area contributed by atoms with E-state index in [9.17, 15) is 8.76 Å². The Kier molecular flexibility index (Phi) is 3.47. The number of hydrogen-bond acceptors (Lipinski definition) is 2. The van der Waals surface area contributed by atoms with Crippen LogP contribution in [0, 0.1) is 6.92 Å². The first-order chi connectivity index (χ1) is 6.06. The van der Waals surface area contributed by atoms with Gasteiger partial charge in [-0.05, 0) is 41.6 Å². The topological polar surface area (TPSA) is 40.1 Å². The Morgan fingerprint density at radius 1 is 1.54 bits per heavy atom. The van der Waals surface area contributed by atoms with Crippen molar-refractivity contribution in [2.24, 2.45) is 0 Å². The highest BCUT2D eigenvalue weighted by Crippen LogP contribution is 2.23. The van der Waals surface area contributed by atoms with E-state index in [0.29, 0.717) is 5.02 Å². The minimum Gasteiger partial charge on any atom is -0.768 e. The molecule has 1 aromatic carbocycles. The summed E-state index contributed by atoms with van der Waals surface area (Å²) in [6.07, 6.45) is 0.811. The molecule has 0 saturated heterocycles. The van der Waals surface area contributed by atoms with Crippen LogP contribution in [-0.4, -0.2) is 8.76 Å². The minimum absolute atomic E-state index is 0.280. The van der Waals surface area contributed by atoms with Crippen molar-refractivity contribution >= 4 is 22.7 Å². The van der Waals surface area contributed by atoms with Gasteiger partial charge in [-0.3, -0.25) is 4.21 Å². The first-order valence-electron chi connectivity index (χ1n) is 3.94. The van der Waals surface area contributed by atoms with E-state index in [4.69, 9.17) is 11.6 Å². The first kappa shape index (κ1) is 10.7. The Morgan fingerprint density at radius 3 is 2.62 bits per heavy atom. The Labute approximate surface area is 85.2 Å². The summed E-state index contributed by atoms with van der Waals surface area (Å²) in [6.45, 7) is 3.75. The predicted molar refractivity (Wildman–Crippen MR) is 52.8 cm³/mol. The van der Waals surface area contributed by atoms with Gasteiger partial charge in [0.1, 0.15) is 0 Å². The van der Waals surface area contributed by atoms with Crippen molar-refractivity contribution in [3.05, 3.63) is 28.3 Å². The molecule has 0 aliphatic carbocycles. The van der Waals surface area contributed by atoms with Crippen LogP contribution in [0.25, 0.3) is 0 Å². The molecule has 0 N–H and O–H groups in total. The van der Waals surface area contributed by atoms with Crippen molar-refractivity contribution in [2.75, 3.05) is 0 Å². The van der Waals surface area contributed by atoms with Gasteiger partial charge in [0.2, 0.25) is 0 Å². The zero-order valence-corrected chi connectivity index (χ0v) is 9.04. The van der Waals surface area contributed by atoms with Gasteiger partial charge in [-0.25, -0.2) is 0 Å². The largest absolute Gasteiger partial charge is 0.768 e. The van der Waals surface area contributed by atoms with Crippen molar-refractivity contribution in [3.8, 4) is 0 Å². The van der Waals surface area contributed by atoms with E-state index in [1.165, 1.54) is 6.07 Å². The molecule has 0 amide bonds. The molecule has 0 radical (unpaired) electrons. The summed E-state index contributed by atoms with van der Waals surface area (Å²) in [6, 6.07) is 3.31. The highest BCUT2D eigenvalue weighted by atomic mass is 35.5. The van der Waals surface area contributed by atoms with Crippen molar-refractivity contribution in [3.63, 3.8) is 0 Å². The normalized spacial score (nSPS) is 12.9. The molecule has 0 spiro atoms. The van der Waals surface area contributed by atoms with E-state index in [1.54, 1.807) is 6.92 Å². The molecule has 0 fully saturated rings. The fourth-order valence-corrected chi connectivity index (χ4v) is 2.07. The third-order valence-corrected chi connectivity index (χ3v) is 3.06. The molecule has 0 saturated carbocycles. The molecule has 72 valence electrons. The molecular formula is C9H10ClO2S-. The Hall–Kier alpha value is -0.380. The van der Waals surface area contributed by atoms with Gasteiger partial charge in [0.05, 0.1) is 0 Å². The van der Waals surface area contributed by atoms with Crippen molar-refractivity contribution in [1.82, 2.24) is 0 Å². The molecule has 1 rings (SSSR count). The van der Waals surface area contributed by atoms with Gasteiger partial charge in [-0.1, -0.05) is 24.6 Å². The van der Waals surface area contributed by atoms with Gasteiger partial charge in [0.25, 0.3) is 0 Å². The molecule has 0 bridgehead atoms. The molecule has 13 heavy (non-hydrogen) atoms. The predicted octanol–water partition coefficient (Wildman–Crippen LogP) is 2.45. The number of rotatable bonds is 2. The zero-order chi connectivity index (χ0) is 10.0. The Morgan fingerprint density at radius 2 is 2.15 bits per heavy atom. The number of aryl methyl sites for hydroxylation is 2. The van der Waals surface area contributed by atoms with Crippen LogP contribution in [0.2, 0.25) is 5.02 Å². The van der Waals surface area contributed by atoms with Crippen LogP contribution in [0.4, 0.5) is 0 Å². The van der Waals surface area contributed by atoms with Gasteiger partial charge < -0.3 is 4.55 Å². The van der Waals surface area contributed by atoms with Crippen LogP contribution >= 0.6 is 11.6 Å². The second kappa shape index (κ2) is 4.22. The van der Waals surface area contributed by atoms with E-state index >= 15 is 0 Å². The van der Waals surface area contributed by atoms with Crippen molar-refractivity contribution < 1.29 is 8.76 Å². The lowest BCUT2D eigenvalue weighted by Gasteiger charge is -2.11. The maximum absolute atomic E-state index is 10.7. The highest BCUT2D eigenvalue weighted by Gasteiger charge is 2.04. The molecule has 2 nitrogen and oxygen atoms in total. The van der Waals surface area contributed by atoms with Crippen molar-refractivity contribution in [2.45, 2.75) is 25.2 Å². The van der Waals surface area contributed by atoms with Gasteiger partial charge in [-0.15, -0.1) is 0 Å². The first-order valence-corrected chi connectivity index (χ1v) is 5.39. The molecule has 1 atom stereocenters. The molecule has 1 unspecified atom stereocenters. The lowest BCUT2D eigenvalue weighted by molar-refractivity contribution is 0.536. The summed E-state index contributed by atoms with van der Waals surface area (Å²) >= 11 is 3.68. The standard InChI is InChI=1S/C9H11ClO2S/c1-3-7-4-6(2)9(13(11)12)5-8(7)10/h4-5H,3H2,1-2H3,(H,11,12)/p-1. The van der Waals surface area contributed by atoms with Crippen molar-refractivity contribution in [1.29, 1.82) is 0 Å². The van der Waals surface area contributed by atoms with Gasteiger partial charge in [0, 0.05) is 9.92 Å². The average Bonchev–Trinajstić information content (AvgIpc) is 2.07. The van der Waals surface area contributed by atoms with Crippen LogP contribution in [0.1, 0.15) is 18.1 Å². The molecule has 0 aliphatic rings. The fourth-order valence-electron chi connectivity index (χ4n) is 1.17. The maximum Gasteiger partial charge on any atom is 0.0449 e. The van der Waals surface area contributed by atoms with E-state index in [0.717, 1.165) is 17.5 Å². The fraction of sp³-hybridized carbons (Fsp3) is 0.333. The van der Waals surface area contributed by atoms with Gasteiger partial charge in [0.15, 0.2) is 0 Å². The van der Waals surface area contributed by atoms with E-state index in [-0.39, 0.29) is 4.90 Å². The summed E-state index contributed by atoms with van der Waals surface area (Å²) in [7, 11) is 0. The molecule has 0 aromatic heterocycles. The number of halogens is 1. The van der Waals surface area contributed by atoms with Gasteiger partial charge >= 0.3 is 0 Å². The van der Waals surface area contributed by atoms with Crippen LogP contribution in [-0.2, 0) is 17.5 Å². The Balaban J connectivity index is 3.28. The monoisotopic (exact) mass is 217 g/mol. The van der Waals surface area contributed by atoms with Crippen LogP contribution in [0.3, 0.4) is 0 Å². The van der Waals surface area contributed by atoms with E-state index in [2.05, 4.69) is 0 Å². The third kappa shape index (κ3) is 2.30. The lowest BCUT2D eigenvalue weighted by Crippen LogP contribution is -1.95. The quantitative estimate of drug-likeness (QED) is 0.714. The van der Waals surface area contributed by atoms with Gasteiger partial charge in [-0.2, -0.15) is 0 Å². The molecule has 0 aliphatic heterocycles. The SMILES string of the molecule is CCc1cc(C)c(S(=O)[O-])cc1Cl. The summed E-state index contributed by atoms with van der Waals surface area (Å²) in [5.41, 5.74) is 1.72. The lowest BCUT2D eigenvalue weighted by atomic mass is 10.1. The third-order valence-electron chi connectivity index (χ3n) is 1.90. The second-order valence-electron chi connectivity index (χ2n) is 2.80. The second-order valence-corrected chi connectivity index (χ2v) is 4.11. The zero-order valence-electron chi connectivity index (χ0n) is 7.46. The van der Waals surface area contributed by atoms with E-state index in [1.807, 2.05) is 13.0 Å². The van der Waals surface area contributed by atoms with Crippen LogP contribution < -0.4 is 0 Å². The van der Waals surface area contributed by atoms with Crippen LogP contribution in [0.5, 0.6) is 0 Å².